The van der Waals surface area contributed by atoms with Crippen molar-refractivity contribution in [2.24, 2.45) is 0 Å². The van der Waals surface area contributed by atoms with Gasteiger partial charge >= 0.3 is 5.97 Å². The number of esters is 1. The van der Waals surface area contributed by atoms with Crippen molar-refractivity contribution in [1.29, 1.82) is 0 Å². The highest BCUT2D eigenvalue weighted by atomic mass is 16.7. The first-order chi connectivity index (χ1) is 8.19. The zero-order valence-electron chi connectivity index (χ0n) is 9.80. The van der Waals surface area contributed by atoms with Gasteiger partial charge in [0.2, 0.25) is 6.41 Å². The Labute approximate surface area is 99.7 Å². The molecule has 17 heavy (non-hydrogen) atoms. The van der Waals surface area contributed by atoms with E-state index in [-0.39, 0.29) is 0 Å². The predicted octanol–water partition coefficient (Wildman–Crippen LogP) is 1.79. The molecule has 0 bridgehead atoms. The average Bonchev–Trinajstić information content (AvgIpc) is 2.30. The fourth-order valence-corrected chi connectivity index (χ4v) is 1.33. The summed E-state index contributed by atoms with van der Waals surface area (Å²) in [6.07, 6.45) is -0.102. The normalized spacial score (nSPS) is 11.6. The number of amides is 1. The van der Waals surface area contributed by atoms with Crippen molar-refractivity contribution >= 4 is 18.1 Å². The summed E-state index contributed by atoms with van der Waals surface area (Å²) < 4.78 is 10.1. The van der Waals surface area contributed by atoms with E-state index in [1.54, 1.807) is 31.2 Å². The molecule has 0 aromatic heterocycles. The van der Waals surface area contributed by atoms with Crippen LogP contribution in [0, 0.1) is 0 Å². The van der Waals surface area contributed by atoms with Crippen LogP contribution < -0.4 is 5.32 Å². The summed E-state index contributed by atoms with van der Waals surface area (Å²) in [4.78, 5) is 22.2. The Kier molecular flexibility index (Phi) is 5.16. The maximum Gasteiger partial charge on any atom is 0.342 e. The van der Waals surface area contributed by atoms with E-state index < -0.39 is 12.3 Å². The zero-order valence-corrected chi connectivity index (χ0v) is 9.80. The van der Waals surface area contributed by atoms with Crippen molar-refractivity contribution in [3.05, 3.63) is 29.8 Å². The summed E-state index contributed by atoms with van der Waals surface area (Å²) >= 11 is 0. The summed E-state index contributed by atoms with van der Waals surface area (Å²) in [5.41, 5.74) is 0.711. The van der Waals surface area contributed by atoms with Crippen molar-refractivity contribution < 1.29 is 19.1 Å². The first-order valence-electron chi connectivity index (χ1n) is 5.30. The molecule has 0 aliphatic rings. The van der Waals surface area contributed by atoms with E-state index in [2.05, 4.69) is 5.32 Å². The third-order valence-electron chi connectivity index (χ3n) is 2.04. The molecule has 1 atom stereocenters. The second-order valence-corrected chi connectivity index (χ2v) is 3.24. The summed E-state index contributed by atoms with van der Waals surface area (Å²) in [5.74, 6) is -0.532. The van der Waals surface area contributed by atoms with Crippen molar-refractivity contribution in [1.82, 2.24) is 0 Å². The number of hydrogen-bond acceptors (Lipinski definition) is 4. The summed E-state index contributed by atoms with van der Waals surface area (Å²) in [6, 6.07) is 6.61. The van der Waals surface area contributed by atoms with Crippen LogP contribution in [0.5, 0.6) is 0 Å². The van der Waals surface area contributed by atoms with E-state index in [0.717, 1.165) is 0 Å². The van der Waals surface area contributed by atoms with Gasteiger partial charge in [-0.25, -0.2) is 4.79 Å². The number of para-hydroxylation sites is 1. The van der Waals surface area contributed by atoms with Gasteiger partial charge in [0.25, 0.3) is 0 Å². The molecule has 0 saturated carbocycles. The smallest absolute Gasteiger partial charge is 0.342 e. The number of ether oxygens (including phenoxy) is 2. The fourth-order valence-electron chi connectivity index (χ4n) is 1.33. The van der Waals surface area contributed by atoms with Gasteiger partial charge in [-0.15, -0.1) is 0 Å². The van der Waals surface area contributed by atoms with E-state index in [1.165, 1.54) is 0 Å². The van der Waals surface area contributed by atoms with Gasteiger partial charge in [0, 0.05) is 6.61 Å². The third-order valence-corrected chi connectivity index (χ3v) is 2.04. The molecule has 92 valence electrons. The zero-order chi connectivity index (χ0) is 12.7. The lowest BCUT2D eigenvalue weighted by Gasteiger charge is -2.14. The average molecular weight is 237 g/mol. The summed E-state index contributed by atoms with van der Waals surface area (Å²) in [7, 11) is 0. The highest BCUT2D eigenvalue weighted by Gasteiger charge is 2.15. The Morgan fingerprint density at radius 1 is 1.47 bits per heavy atom. The highest BCUT2D eigenvalue weighted by Crippen LogP contribution is 2.16. The molecule has 5 nitrogen and oxygen atoms in total. The standard InChI is InChI=1S/C12H15NO4/c1-3-16-9(2)17-12(15)10-6-4-5-7-11(10)13-8-14/h4-9H,3H2,1-2H3,(H,13,14). The maximum atomic E-state index is 11.8. The number of carbonyl (C=O) groups is 2. The van der Waals surface area contributed by atoms with Crippen molar-refractivity contribution in [3.63, 3.8) is 0 Å². The number of anilines is 1. The van der Waals surface area contributed by atoms with Crippen LogP contribution in [-0.2, 0) is 14.3 Å². The molecule has 0 aliphatic heterocycles. The van der Waals surface area contributed by atoms with Gasteiger partial charge in [0.05, 0.1) is 11.3 Å². The second-order valence-electron chi connectivity index (χ2n) is 3.24. The second kappa shape index (κ2) is 6.65. The van der Waals surface area contributed by atoms with Crippen molar-refractivity contribution in [2.45, 2.75) is 20.1 Å². The lowest BCUT2D eigenvalue weighted by Crippen LogP contribution is -2.19. The Morgan fingerprint density at radius 3 is 2.82 bits per heavy atom. The number of benzene rings is 1. The first kappa shape index (κ1) is 13.2. The van der Waals surface area contributed by atoms with Crippen LogP contribution in [0.1, 0.15) is 24.2 Å². The van der Waals surface area contributed by atoms with Gasteiger partial charge in [-0.1, -0.05) is 12.1 Å². The van der Waals surface area contributed by atoms with Crippen LogP contribution >= 0.6 is 0 Å². The van der Waals surface area contributed by atoms with Crippen LogP contribution in [0.25, 0.3) is 0 Å². The lowest BCUT2D eigenvalue weighted by atomic mass is 10.2. The van der Waals surface area contributed by atoms with Crippen molar-refractivity contribution in [2.75, 3.05) is 11.9 Å². The van der Waals surface area contributed by atoms with Gasteiger partial charge in [0.1, 0.15) is 0 Å². The molecular formula is C12H15NO4. The predicted molar refractivity (Wildman–Crippen MR) is 62.6 cm³/mol. The quantitative estimate of drug-likeness (QED) is 0.465. The molecule has 1 amide bonds. The van der Waals surface area contributed by atoms with Crippen molar-refractivity contribution in [3.8, 4) is 0 Å². The maximum absolute atomic E-state index is 11.8. The van der Waals surface area contributed by atoms with E-state index in [1.807, 2.05) is 6.92 Å². The molecule has 5 heteroatoms. The number of nitrogens with one attached hydrogen (secondary N) is 1. The fraction of sp³-hybridized carbons (Fsp3) is 0.333. The van der Waals surface area contributed by atoms with Crippen LogP contribution in [0.3, 0.4) is 0 Å². The molecule has 0 spiro atoms. The molecule has 1 aromatic rings. The van der Waals surface area contributed by atoms with Crippen LogP contribution in [0.2, 0.25) is 0 Å². The minimum absolute atomic E-state index is 0.297. The largest absolute Gasteiger partial charge is 0.432 e. The molecule has 1 unspecified atom stereocenters. The van der Waals surface area contributed by atoms with Gasteiger partial charge in [-0.3, -0.25) is 4.79 Å². The minimum Gasteiger partial charge on any atom is -0.432 e. The molecule has 1 N–H and O–H groups in total. The van der Waals surface area contributed by atoms with Gasteiger partial charge in [-0.2, -0.15) is 0 Å². The minimum atomic E-state index is -0.614. The van der Waals surface area contributed by atoms with E-state index in [4.69, 9.17) is 9.47 Å². The van der Waals surface area contributed by atoms with Gasteiger partial charge in [-0.05, 0) is 26.0 Å². The van der Waals surface area contributed by atoms with E-state index in [9.17, 15) is 9.59 Å². The number of hydrogen-bond donors (Lipinski definition) is 1. The van der Waals surface area contributed by atoms with Gasteiger partial charge < -0.3 is 14.8 Å². The Morgan fingerprint density at radius 2 is 2.18 bits per heavy atom. The Balaban J connectivity index is 2.77. The molecule has 1 aromatic carbocycles. The van der Waals surface area contributed by atoms with E-state index >= 15 is 0 Å². The Bertz CT molecular complexity index is 392. The molecule has 0 heterocycles. The topological polar surface area (TPSA) is 64.6 Å². The number of carbonyl (C=O) groups excluding carboxylic acids is 2. The van der Waals surface area contributed by atoms with E-state index in [0.29, 0.717) is 24.3 Å². The monoisotopic (exact) mass is 237 g/mol. The highest BCUT2D eigenvalue weighted by molar-refractivity contribution is 5.97. The summed E-state index contributed by atoms with van der Waals surface area (Å²) in [6.45, 7) is 3.91. The van der Waals surface area contributed by atoms with Crippen LogP contribution in [0.4, 0.5) is 5.69 Å². The Hall–Kier alpha value is -1.88. The third kappa shape index (κ3) is 3.88. The molecule has 0 fully saturated rings. The lowest BCUT2D eigenvalue weighted by molar-refractivity contribution is -0.105. The molecular weight excluding hydrogens is 222 g/mol. The molecule has 1 rings (SSSR count). The molecule has 0 saturated heterocycles. The van der Waals surface area contributed by atoms with Crippen LogP contribution in [0.15, 0.2) is 24.3 Å². The SMILES string of the molecule is CCOC(C)OC(=O)c1ccccc1NC=O. The molecule has 0 radical (unpaired) electrons. The molecule has 0 aliphatic carbocycles. The van der Waals surface area contributed by atoms with Crippen LogP contribution in [-0.4, -0.2) is 25.3 Å². The summed E-state index contributed by atoms with van der Waals surface area (Å²) in [5, 5.41) is 2.44. The number of rotatable bonds is 6. The first-order valence-corrected chi connectivity index (χ1v) is 5.30. The van der Waals surface area contributed by atoms with Gasteiger partial charge in [0.15, 0.2) is 6.29 Å².